The van der Waals surface area contributed by atoms with E-state index < -0.39 is 5.91 Å². The molecular formula is C30H30BrN3O2S. The summed E-state index contributed by atoms with van der Waals surface area (Å²) in [6, 6.07) is 15.6. The predicted octanol–water partition coefficient (Wildman–Crippen LogP) is 7.54. The van der Waals surface area contributed by atoms with Gasteiger partial charge in [0.2, 0.25) is 0 Å². The normalized spacial score (nSPS) is 15.4. The first-order valence-electron chi connectivity index (χ1n) is 12.4. The van der Waals surface area contributed by atoms with Crippen molar-refractivity contribution in [2.24, 2.45) is 17.1 Å². The Morgan fingerprint density at radius 3 is 2.51 bits per heavy atom. The minimum absolute atomic E-state index is 0.174. The van der Waals surface area contributed by atoms with Crippen LogP contribution in [0.2, 0.25) is 0 Å². The zero-order chi connectivity index (χ0) is 26.5. The summed E-state index contributed by atoms with van der Waals surface area (Å²) in [6.45, 7) is 8.81. The van der Waals surface area contributed by atoms with Gasteiger partial charge in [0.15, 0.2) is 0 Å². The van der Waals surface area contributed by atoms with Crippen LogP contribution in [0.5, 0.6) is 0 Å². The molecule has 2 heterocycles. The summed E-state index contributed by atoms with van der Waals surface area (Å²) in [6.07, 6.45) is 2.69. The summed E-state index contributed by atoms with van der Waals surface area (Å²) in [5.41, 5.74) is 11.5. The number of aromatic nitrogens is 1. The van der Waals surface area contributed by atoms with Gasteiger partial charge in [-0.2, -0.15) is 0 Å². The number of fused-ring (bicyclic) bond motifs is 2. The number of rotatable bonds is 4. The van der Waals surface area contributed by atoms with Gasteiger partial charge < -0.3 is 11.1 Å². The molecule has 0 unspecified atom stereocenters. The molecule has 0 bridgehead atoms. The summed E-state index contributed by atoms with van der Waals surface area (Å²) in [7, 11) is 0. The van der Waals surface area contributed by atoms with Gasteiger partial charge in [-0.15, -0.1) is 11.3 Å². The molecule has 0 fully saturated rings. The van der Waals surface area contributed by atoms with Crippen molar-refractivity contribution in [2.75, 3.05) is 5.32 Å². The van der Waals surface area contributed by atoms with Gasteiger partial charge in [-0.05, 0) is 67.3 Å². The number of halogens is 1. The van der Waals surface area contributed by atoms with Crippen LogP contribution in [0, 0.1) is 18.3 Å². The molecule has 0 aliphatic heterocycles. The van der Waals surface area contributed by atoms with Gasteiger partial charge in [0.05, 0.1) is 22.3 Å². The van der Waals surface area contributed by atoms with E-state index in [1.807, 2.05) is 55.5 Å². The second kappa shape index (κ2) is 9.69. The van der Waals surface area contributed by atoms with Crippen molar-refractivity contribution < 1.29 is 9.59 Å². The number of nitrogens with zero attached hydrogens (tertiary/aromatic N) is 1. The number of nitrogens with two attached hydrogens (primary N) is 1. The molecule has 1 aliphatic rings. The van der Waals surface area contributed by atoms with Gasteiger partial charge in [0.1, 0.15) is 5.00 Å². The predicted molar refractivity (Wildman–Crippen MR) is 155 cm³/mol. The molecule has 4 aromatic rings. The number of hydrogen-bond donors (Lipinski definition) is 2. The highest BCUT2D eigenvalue weighted by Crippen LogP contribution is 2.44. The zero-order valence-corrected chi connectivity index (χ0v) is 23.8. The maximum atomic E-state index is 13.8. The van der Waals surface area contributed by atoms with Crippen LogP contribution in [0.15, 0.2) is 53.0 Å². The number of hydrogen-bond acceptors (Lipinski definition) is 4. The SMILES string of the molecule is Cc1ccc(-c2cc(C(=O)Nc3sc4c(c3C(N)=O)CC[C@@H](C(C)(C)C)C4)c3cc(Br)ccc3n2)cc1. The summed E-state index contributed by atoms with van der Waals surface area (Å²) >= 11 is 5.01. The van der Waals surface area contributed by atoms with Crippen molar-refractivity contribution in [3.63, 3.8) is 0 Å². The maximum Gasteiger partial charge on any atom is 0.257 e. The van der Waals surface area contributed by atoms with Crippen molar-refractivity contribution in [3.05, 3.63) is 80.1 Å². The first-order valence-corrected chi connectivity index (χ1v) is 14.0. The minimum Gasteiger partial charge on any atom is -0.365 e. The first-order chi connectivity index (χ1) is 17.5. The fourth-order valence-electron chi connectivity index (χ4n) is 5.10. The Morgan fingerprint density at radius 1 is 1.11 bits per heavy atom. The van der Waals surface area contributed by atoms with Gasteiger partial charge in [0.25, 0.3) is 11.8 Å². The molecule has 0 saturated carbocycles. The molecular weight excluding hydrogens is 546 g/mol. The van der Waals surface area contributed by atoms with Gasteiger partial charge in [0, 0.05) is 20.3 Å². The fourth-order valence-corrected chi connectivity index (χ4v) is 6.79. The minimum atomic E-state index is -0.496. The average Bonchev–Trinajstić information content (AvgIpc) is 3.20. The molecule has 3 N–H and O–H groups in total. The van der Waals surface area contributed by atoms with Crippen LogP contribution < -0.4 is 11.1 Å². The Bertz CT molecular complexity index is 1530. The van der Waals surface area contributed by atoms with E-state index >= 15 is 0 Å². The average molecular weight is 577 g/mol. The lowest BCUT2D eigenvalue weighted by molar-refractivity contribution is 0.1000. The number of nitrogens with one attached hydrogen (secondary N) is 1. The number of anilines is 1. The summed E-state index contributed by atoms with van der Waals surface area (Å²) < 4.78 is 0.858. The van der Waals surface area contributed by atoms with Crippen LogP contribution in [0.3, 0.4) is 0 Å². The lowest BCUT2D eigenvalue weighted by atomic mass is 9.72. The number of pyridine rings is 1. The van der Waals surface area contributed by atoms with Crippen molar-refractivity contribution in [3.8, 4) is 11.3 Å². The number of carbonyl (C=O) groups excluding carboxylic acids is 2. The summed E-state index contributed by atoms with van der Waals surface area (Å²) in [5.74, 6) is -0.265. The molecule has 0 saturated heterocycles. The fraction of sp³-hybridized carbons (Fsp3) is 0.300. The van der Waals surface area contributed by atoms with Crippen LogP contribution >= 0.6 is 27.3 Å². The zero-order valence-electron chi connectivity index (χ0n) is 21.4. The molecule has 0 spiro atoms. The molecule has 1 aliphatic carbocycles. The molecule has 2 amide bonds. The Morgan fingerprint density at radius 2 is 1.84 bits per heavy atom. The number of aryl methyl sites for hydroxylation is 1. The third kappa shape index (κ3) is 5.07. The molecule has 7 heteroatoms. The van der Waals surface area contributed by atoms with Crippen LogP contribution in [-0.4, -0.2) is 16.8 Å². The van der Waals surface area contributed by atoms with Crippen LogP contribution in [0.25, 0.3) is 22.2 Å². The number of primary amides is 1. The van der Waals surface area contributed by atoms with Crippen molar-refractivity contribution in [1.82, 2.24) is 4.98 Å². The van der Waals surface area contributed by atoms with E-state index in [-0.39, 0.29) is 11.3 Å². The smallest absolute Gasteiger partial charge is 0.257 e. The van der Waals surface area contributed by atoms with E-state index in [2.05, 4.69) is 42.0 Å². The summed E-state index contributed by atoms with van der Waals surface area (Å²) in [5, 5.41) is 4.32. The lowest BCUT2D eigenvalue weighted by Gasteiger charge is -2.33. The molecule has 1 atom stereocenters. The third-order valence-electron chi connectivity index (χ3n) is 7.33. The van der Waals surface area contributed by atoms with E-state index in [0.717, 1.165) is 56.2 Å². The van der Waals surface area contributed by atoms with Crippen molar-refractivity contribution in [1.29, 1.82) is 0 Å². The quantitative estimate of drug-likeness (QED) is 0.263. The van der Waals surface area contributed by atoms with Gasteiger partial charge in [-0.25, -0.2) is 4.98 Å². The van der Waals surface area contributed by atoms with E-state index in [9.17, 15) is 9.59 Å². The highest BCUT2D eigenvalue weighted by atomic mass is 79.9. The molecule has 37 heavy (non-hydrogen) atoms. The largest absolute Gasteiger partial charge is 0.365 e. The Kier molecular flexibility index (Phi) is 6.71. The monoisotopic (exact) mass is 575 g/mol. The number of thiophene rings is 1. The Hall–Kier alpha value is -3.03. The Balaban J connectivity index is 1.57. The van der Waals surface area contributed by atoms with Crippen molar-refractivity contribution in [2.45, 2.75) is 47.0 Å². The van der Waals surface area contributed by atoms with Gasteiger partial charge in [-0.3, -0.25) is 9.59 Å². The molecule has 2 aromatic heterocycles. The molecule has 190 valence electrons. The van der Waals surface area contributed by atoms with E-state index in [4.69, 9.17) is 10.7 Å². The second-order valence-electron chi connectivity index (χ2n) is 10.9. The van der Waals surface area contributed by atoms with Gasteiger partial charge >= 0.3 is 0 Å². The summed E-state index contributed by atoms with van der Waals surface area (Å²) in [4.78, 5) is 32.3. The van der Waals surface area contributed by atoms with Crippen LogP contribution in [0.4, 0.5) is 5.00 Å². The van der Waals surface area contributed by atoms with E-state index in [1.165, 1.54) is 11.3 Å². The van der Waals surface area contributed by atoms with Crippen LogP contribution in [-0.2, 0) is 12.8 Å². The van der Waals surface area contributed by atoms with Crippen molar-refractivity contribution >= 4 is 55.0 Å². The topological polar surface area (TPSA) is 85.1 Å². The highest BCUT2D eigenvalue weighted by molar-refractivity contribution is 9.10. The second-order valence-corrected chi connectivity index (χ2v) is 12.9. The third-order valence-corrected chi connectivity index (χ3v) is 8.99. The molecule has 5 rings (SSSR count). The molecule has 0 radical (unpaired) electrons. The first kappa shape index (κ1) is 25.6. The van der Waals surface area contributed by atoms with Gasteiger partial charge in [-0.1, -0.05) is 66.5 Å². The number of benzene rings is 2. The standard InChI is InChI=1S/C30H30BrN3O2S/c1-16-5-7-17(8-6-16)24-15-22(21-14-19(31)10-12-23(21)33-24)28(36)34-29-26(27(32)35)20-11-9-18(30(2,3)4)13-25(20)37-29/h5-8,10,12,14-15,18H,9,11,13H2,1-4H3,(H2,32,35)(H,34,36)/t18-/m1/s1. The van der Waals surface area contributed by atoms with E-state index in [0.29, 0.717) is 27.7 Å². The highest BCUT2D eigenvalue weighted by Gasteiger charge is 2.33. The Labute approximate surface area is 229 Å². The lowest BCUT2D eigenvalue weighted by Crippen LogP contribution is -2.27. The molecule has 2 aromatic carbocycles. The molecule has 5 nitrogen and oxygen atoms in total. The maximum absolute atomic E-state index is 13.8. The number of carbonyl (C=O) groups is 2. The number of amides is 2. The van der Waals surface area contributed by atoms with Crippen LogP contribution in [0.1, 0.15) is 63.9 Å². The van der Waals surface area contributed by atoms with E-state index in [1.54, 1.807) is 0 Å².